The third-order valence-corrected chi connectivity index (χ3v) is 3.55. The van der Waals surface area contributed by atoms with Crippen LogP contribution in [0.2, 0.25) is 0 Å². The number of rotatable bonds is 2. The van der Waals surface area contributed by atoms with E-state index < -0.39 is 5.60 Å². The van der Waals surface area contributed by atoms with Crippen molar-refractivity contribution >= 4 is 5.82 Å². The van der Waals surface area contributed by atoms with Crippen LogP contribution in [0, 0.1) is 24.2 Å². The van der Waals surface area contributed by atoms with Crippen molar-refractivity contribution in [3.05, 3.63) is 23.4 Å². The van der Waals surface area contributed by atoms with E-state index >= 15 is 0 Å². The molecule has 0 saturated carbocycles. The fraction of sp³-hybridized carbons (Fsp3) is 0.538. The Kier molecular flexibility index (Phi) is 2.80. The van der Waals surface area contributed by atoms with Gasteiger partial charge in [0.1, 0.15) is 17.5 Å². The molecule has 1 aliphatic rings. The average molecular weight is 231 g/mol. The largest absolute Gasteiger partial charge is 0.386 e. The fourth-order valence-corrected chi connectivity index (χ4v) is 2.05. The summed E-state index contributed by atoms with van der Waals surface area (Å²) in [6, 6.07) is 4.01. The Labute approximate surface area is 102 Å². The van der Waals surface area contributed by atoms with Crippen molar-refractivity contribution in [1.82, 2.24) is 4.98 Å². The van der Waals surface area contributed by atoms with Crippen molar-refractivity contribution in [2.75, 3.05) is 18.0 Å². The Morgan fingerprint density at radius 3 is 2.71 bits per heavy atom. The lowest BCUT2D eigenvalue weighted by atomic mass is 9.83. The average Bonchev–Trinajstić information content (AvgIpc) is 2.24. The van der Waals surface area contributed by atoms with Crippen molar-refractivity contribution in [3.63, 3.8) is 0 Å². The van der Waals surface area contributed by atoms with E-state index in [0.29, 0.717) is 24.5 Å². The summed E-state index contributed by atoms with van der Waals surface area (Å²) in [7, 11) is 0. The van der Waals surface area contributed by atoms with Crippen LogP contribution in [0.5, 0.6) is 0 Å². The monoisotopic (exact) mass is 231 g/mol. The molecule has 2 heterocycles. The zero-order valence-electron chi connectivity index (χ0n) is 10.4. The molecule has 1 fully saturated rings. The summed E-state index contributed by atoms with van der Waals surface area (Å²) in [6.45, 7) is 7.02. The van der Waals surface area contributed by atoms with Gasteiger partial charge in [0.05, 0.1) is 18.7 Å². The Hall–Kier alpha value is -1.60. The van der Waals surface area contributed by atoms with E-state index in [0.717, 1.165) is 5.56 Å². The van der Waals surface area contributed by atoms with E-state index in [9.17, 15) is 5.11 Å². The summed E-state index contributed by atoms with van der Waals surface area (Å²) in [5.41, 5.74) is 0.897. The first-order chi connectivity index (χ1) is 7.98. The van der Waals surface area contributed by atoms with Crippen LogP contribution in [0.15, 0.2) is 12.3 Å². The predicted molar refractivity (Wildman–Crippen MR) is 65.7 cm³/mol. The van der Waals surface area contributed by atoms with E-state index in [-0.39, 0.29) is 5.92 Å². The number of nitriles is 1. The van der Waals surface area contributed by atoms with Crippen molar-refractivity contribution in [2.45, 2.75) is 26.4 Å². The number of β-amino-alcohol motifs (C(OH)–C–C–N with tert-alkyl or cyclic N) is 1. The molecular weight excluding hydrogens is 214 g/mol. The standard InChI is InChI=1S/C13H17N3O/c1-9(2)13(17)7-16(8-13)12-11(6-14)10(3)4-5-15-12/h4-5,9,17H,7-8H2,1-3H3. The molecule has 0 aliphatic carbocycles. The summed E-state index contributed by atoms with van der Waals surface area (Å²) in [4.78, 5) is 6.21. The number of hydrogen-bond acceptors (Lipinski definition) is 4. The Balaban J connectivity index is 2.23. The molecule has 0 unspecified atom stereocenters. The Morgan fingerprint density at radius 2 is 2.18 bits per heavy atom. The number of hydrogen-bond donors (Lipinski definition) is 1. The summed E-state index contributed by atoms with van der Waals surface area (Å²) in [5.74, 6) is 0.909. The van der Waals surface area contributed by atoms with Crippen LogP contribution in [-0.4, -0.2) is 28.8 Å². The molecule has 1 aliphatic heterocycles. The van der Waals surface area contributed by atoms with Crippen molar-refractivity contribution < 1.29 is 5.11 Å². The highest BCUT2D eigenvalue weighted by atomic mass is 16.3. The number of aromatic nitrogens is 1. The molecule has 1 aromatic heterocycles. The van der Waals surface area contributed by atoms with Crippen LogP contribution in [0.1, 0.15) is 25.0 Å². The SMILES string of the molecule is Cc1ccnc(N2CC(O)(C(C)C)C2)c1C#N. The highest BCUT2D eigenvalue weighted by Crippen LogP contribution is 2.33. The molecule has 0 spiro atoms. The molecule has 17 heavy (non-hydrogen) atoms. The molecule has 0 amide bonds. The lowest BCUT2D eigenvalue weighted by Gasteiger charge is -2.49. The van der Waals surface area contributed by atoms with Gasteiger partial charge in [-0.2, -0.15) is 5.26 Å². The van der Waals surface area contributed by atoms with Gasteiger partial charge in [0.2, 0.25) is 0 Å². The molecule has 0 aromatic carbocycles. The molecule has 0 radical (unpaired) electrons. The number of anilines is 1. The smallest absolute Gasteiger partial charge is 0.146 e. The van der Waals surface area contributed by atoms with E-state index in [2.05, 4.69) is 11.1 Å². The second-order valence-electron chi connectivity index (χ2n) is 5.05. The van der Waals surface area contributed by atoms with Gasteiger partial charge >= 0.3 is 0 Å². The van der Waals surface area contributed by atoms with Crippen LogP contribution in [0.3, 0.4) is 0 Å². The predicted octanol–water partition coefficient (Wildman–Crippen LogP) is 1.47. The number of nitrogens with zero attached hydrogens (tertiary/aromatic N) is 3. The van der Waals surface area contributed by atoms with Crippen LogP contribution in [0.4, 0.5) is 5.82 Å². The van der Waals surface area contributed by atoms with Gasteiger partial charge in [-0.3, -0.25) is 0 Å². The normalized spacial score (nSPS) is 17.8. The van der Waals surface area contributed by atoms with Crippen LogP contribution >= 0.6 is 0 Å². The second kappa shape index (κ2) is 4.01. The van der Waals surface area contributed by atoms with Gasteiger partial charge in [0, 0.05) is 6.20 Å². The minimum Gasteiger partial charge on any atom is -0.386 e. The molecule has 1 saturated heterocycles. The molecule has 4 nitrogen and oxygen atoms in total. The first-order valence-electron chi connectivity index (χ1n) is 5.81. The minimum atomic E-state index is -0.641. The number of aliphatic hydroxyl groups is 1. The van der Waals surface area contributed by atoms with Gasteiger partial charge in [0.15, 0.2) is 0 Å². The first-order valence-corrected chi connectivity index (χ1v) is 5.81. The summed E-state index contributed by atoms with van der Waals surface area (Å²) < 4.78 is 0. The van der Waals surface area contributed by atoms with E-state index in [4.69, 9.17) is 5.26 Å². The maximum Gasteiger partial charge on any atom is 0.146 e. The zero-order valence-corrected chi connectivity index (χ0v) is 10.4. The lowest BCUT2D eigenvalue weighted by Crippen LogP contribution is -2.65. The zero-order chi connectivity index (χ0) is 12.6. The van der Waals surface area contributed by atoms with Crippen molar-refractivity contribution in [2.24, 2.45) is 5.92 Å². The lowest BCUT2D eigenvalue weighted by molar-refractivity contribution is -0.0304. The first kappa shape index (κ1) is 11.9. The molecule has 2 rings (SSSR count). The third-order valence-electron chi connectivity index (χ3n) is 3.55. The van der Waals surface area contributed by atoms with Gasteiger partial charge in [-0.05, 0) is 24.5 Å². The van der Waals surface area contributed by atoms with E-state index in [1.54, 1.807) is 6.20 Å². The molecular formula is C13H17N3O. The molecule has 0 atom stereocenters. The number of aryl methyl sites for hydroxylation is 1. The van der Waals surface area contributed by atoms with Gasteiger partial charge in [-0.15, -0.1) is 0 Å². The van der Waals surface area contributed by atoms with Gasteiger partial charge in [-0.25, -0.2) is 4.98 Å². The molecule has 1 aromatic rings. The van der Waals surface area contributed by atoms with E-state index in [1.807, 2.05) is 31.7 Å². The Morgan fingerprint density at radius 1 is 1.53 bits per heavy atom. The maximum absolute atomic E-state index is 10.2. The summed E-state index contributed by atoms with van der Waals surface area (Å²) in [5, 5.41) is 19.3. The van der Waals surface area contributed by atoms with E-state index in [1.165, 1.54) is 0 Å². The highest BCUT2D eigenvalue weighted by molar-refractivity contribution is 5.59. The Bertz CT molecular complexity index is 470. The van der Waals surface area contributed by atoms with Crippen LogP contribution in [0.25, 0.3) is 0 Å². The van der Waals surface area contributed by atoms with Crippen molar-refractivity contribution in [1.29, 1.82) is 5.26 Å². The highest BCUT2D eigenvalue weighted by Gasteiger charge is 2.44. The van der Waals surface area contributed by atoms with Gasteiger partial charge in [-0.1, -0.05) is 13.8 Å². The van der Waals surface area contributed by atoms with Gasteiger partial charge < -0.3 is 10.0 Å². The maximum atomic E-state index is 10.2. The van der Waals surface area contributed by atoms with Gasteiger partial charge in [0.25, 0.3) is 0 Å². The molecule has 0 bridgehead atoms. The summed E-state index contributed by atoms with van der Waals surface area (Å²) in [6.07, 6.45) is 1.71. The second-order valence-corrected chi connectivity index (χ2v) is 5.05. The summed E-state index contributed by atoms with van der Waals surface area (Å²) >= 11 is 0. The van der Waals surface area contributed by atoms with Crippen LogP contribution in [-0.2, 0) is 0 Å². The molecule has 1 N–H and O–H groups in total. The quantitative estimate of drug-likeness (QED) is 0.837. The molecule has 90 valence electrons. The topological polar surface area (TPSA) is 60.1 Å². The van der Waals surface area contributed by atoms with Crippen LogP contribution < -0.4 is 4.90 Å². The third kappa shape index (κ3) is 1.87. The number of pyridine rings is 1. The minimum absolute atomic E-state index is 0.217. The molecule has 4 heteroatoms. The van der Waals surface area contributed by atoms with Crippen molar-refractivity contribution in [3.8, 4) is 6.07 Å². The fourth-order valence-electron chi connectivity index (χ4n) is 2.05.